The summed E-state index contributed by atoms with van der Waals surface area (Å²) in [4.78, 5) is 15.2. The standard InChI is InChI=1S/C10H20N2O3/c1-11-5-3-4-9(11)8-12(2)10(14)15-7-6-13/h9,13H,3-8H2,1-2H3. The minimum Gasteiger partial charge on any atom is -0.447 e. The summed E-state index contributed by atoms with van der Waals surface area (Å²) in [5, 5.41) is 8.52. The van der Waals surface area contributed by atoms with Crippen molar-refractivity contribution in [3.05, 3.63) is 0 Å². The van der Waals surface area contributed by atoms with Gasteiger partial charge in [0, 0.05) is 19.6 Å². The van der Waals surface area contributed by atoms with Crippen molar-refractivity contribution >= 4 is 6.09 Å². The molecule has 1 unspecified atom stereocenters. The van der Waals surface area contributed by atoms with Crippen LogP contribution in [0.25, 0.3) is 0 Å². The van der Waals surface area contributed by atoms with E-state index >= 15 is 0 Å². The van der Waals surface area contributed by atoms with Gasteiger partial charge in [0.2, 0.25) is 0 Å². The van der Waals surface area contributed by atoms with Gasteiger partial charge in [0.15, 0.2) is 0 Å². The van der Waals surface area contributed by atoms with E-state index in [4.69, 9.17) is 9.84 Å². The SMILES string of the molecule is CN(CC1CCCN1C)C(=O)OCCO. The minimum atomic E-state index is -0.357. The smallest absolute Gasteiger partial charge is 0.409 e. The van der Waals surface area contributed by atoms with Crippen LogP contribution in [0.4, 0.5) is 4.79 Å². The van der Waals surface area contributed by atoms with E-state index in [1.165, 1.54) is 6.42 Å². The third kappa shape index (κ3) is 3.68. The van der Waals surface area contributed by atoms with Crippen LogP contribution >= 0.6 is 0 Å². The second-order valence-corrected chi connectivity index (χ2v) is 4.00. The number of ether oxygens (including phenoxy) is 1. The molecule has 1 rings (SSSR count). The molecule has 1 amide bonds. The largest absolute Gasteiger partial charge is 0.447 e. The van der Waals surface area contributed by atoms with Crippen molar-refractivity contribution in [3.8, 4) is 0 Å². The van der Waals surface area contributed by atoms with E-state index in [0.717, 1.165) is 13.0 Å². The molecular formula is C10H20N2O3. The molecule has 0 aromatic carbocycles. The van der Waals surface area contributed by atoms with Crippen LogP contribution in [0.2, 0.25) is 0 Å². The van der Waals surface area contributed by atoms with E-state index in [0.29, 0.717) is 12.6 Å². The molecule has 0 aliphatic carbocycles. The van der Waals surface area contributed by atoms with Gasteiger partial charge in [-0.25, -0.2) is 4.79 Å². The second-order valence-electron chi connectivity index (χ2n) is 4.00. The molecule has 0 bridgehead atoms. The fourth-order valence-electron chi connectivity index (χ4n) is 1.84. The van der Waals surface area contributed by atoms with E-state index in [2.05, 4.69) is 11.9 Å². The number of aliphatic hydroxyl groups is 1. The predicted octanol–water partition coefficient (Wildman–Crippen LogP) is 0.141. The molecule has 88 valence electrons. The van der Waals surface area contributed by atoms with Crippen LogP contribution in [0.1, 0.15) is 12.8 Å². The van der Waals surface area contributed by atoms with Crippen LogP contribution in [0.5, 0.6) is 0 Å². The maximum absolute atomic E-state index is 11.4. The number of likely N-dealkylation sites (tertiary alicyclic amines) is 1. The molecule has 0 radical (unpaired) electrons. The lowest BCUT2D eigenvalue weighted by atomic mass is 10.2. The zero-order valence-electron chi connectivity index (χ0n) is 9.48. The van der Waals surface area contributed by atoms with Crippen molar-refractivity contribution in [1.29, 1.82) is 0 Å². The average molecular weight is 216 g/mol. The Bertz CT molecular complexity index is 211. The van der Waals surface area contributed by atoms with Crippen LogP contribution in [0, 0.1) is 0 Å². The number of hydrogen-bond acceptors (Lipinski definition) is 4. The van der Waals surface area contributed by atoms with Crippen molar-refractivity contribution in [2.75, 3.05) is 40.4 Å². The molecular weight excluding hydrogens is 196 g/mol. The molecule has 0 saturated carbocycles. The Morgan fingerprint density at radius 3 is 2.93 bits per heavy atom. The van der Waals surface area contributed by atoms with E-state index in [9.17, 15) is 4.79 Å². The van der Waals surface area contributed by atoms with Gasteiger partial charge in [0.1, 0.15) is 6.61 Å². The van der Waals surface area contributed by atoms with Gasteiger partial charge in [-0.2, -0.15) is 0 Å². The lowest BCUT2D eigenvalue weighted by Crippen LogP contribution is -2.40. The molecule has 1 N–H and O–H groups in total. The Kier molecular flexibility index (Phi) is 4.84. The topological polar surface area (TPSA) is 53.0 Å². The summed E-state index contributed by atoms with van der Waals surface area (Å²) in [6.07, 6.45) is 1.97. The van der Waals surface area contributed by atoms with Crippen LogP contribution in [-0.2, 0) is 4.74 Å². The highest BCUT2D eigenvalue weighted by molar-refractivity contribution is 5.67. The number of hydrogen-bond donors (Lipinski definition) is 1. The molecule has 1 heterocycles. The first-order valence-corrected chi connectivity index (χ1v) is 5.34. The summed E-state index contributed by atoms with van der Waals surface area (Å²) >= 11 is 0. The molecule has 15 heavy (non-hydrogen) atoms. The third-order valence-corrected chi connectivity index (χ3v) is 2.78. The Labute approximate surface area is 90.6 Å². The van der Waals surface area contributed by atoms with Gasteiger partial charge in [-0.15, -0.1) is 0 Å². The van der Waals surface area contributed by atoms with Gasteiger partial charge in [-0.1, -0.05) is 0 Å². The molecule has 1 atom stereocenters. The molecule has 1 aliphatic heterocycles. The van der Waals surface area contributed by atoms with Crippen molar-refractivity contribution in [2.45, 2.75) is 18.9 Å². The zero-order chi connectivity index (χ0) is 11.3. The fraction of sp³-hybridized carbons (Fsp3) is 0.900. The van der Waals surface area contributed by atoms with Crippen LogP contribution < -0.4 is 0 Å². The van der Waals surface area contributed by atoms with Gasteiger partial charge >= 0.3 is 6.09 Å². The number of aliphatic hydroxyl groups excluding tert-OH is 1. The Hall–Kier alpha value is -0.810. The van der Waals surface area contributed by atoms with Crippen LogP contribution in [0.15, 0.2) is 0 Å². The van der Waals surface area contributed by atoms with Gasteiger partial charge in [0.25, 0.3) is 0 Å². The summed E-state index contributed by atoms with van der Waals surface area (Å²) < 4.78 is 4.82. The quantitative estimate of drug-likeness (QED) is 0.726. The van der Waals surface area contributed by atoms with Crippen molar-refractivity contribution in [2.24, 2.45) is 0 Å². The molecule has 1 fully saturated rings. The zero-order valence-corrected chi connectivity index (χ0v) is 9.48. The van der Waals surface area contributed by atoms with Gasteiger partial charge in [0.05, 0.1) is 6.61 Å². The summed E-state index contributed by atoms with van der Waals surface area (Å²) in [5.41, 5.74) is 0. The lowest BCUT2D eigenvalue weighted by Gasteiger charge is -2.25. The van der Waals surface area contributed by atoms with Crippen LogP contribution in [-0.4, -0.2) is 67.4 Å². The molecule has 0 aromatic rings. The predicted molar refractivity (Wildman–Crippen MR) is 56.7 cm³/mol. The van der Waals surface area contributed by atoms with Gasteiger partial charge in [-0.3, -0.25) is 0 Å². The summed E-state index contributed by atoms with van der Waals surface area (Å²) in [5.74, 6) is 0. The maximum atomic E-state index is 11.4. The third-order valence-electron chi connectivity index (χ3n) is 2.78. The summed E-state index contributed by atoms with van der Waals surface area (Å²) in [6.45, 7) is 1.75. The van der Waals surface area contributed by atoms with E-state index in [1.54, 1.807) is 11.9 Å². The molecule has 5 nitrogen and oxygen atoms in total. The Morgan fingerprint density at radius 2 is 2.40 bits per heavy atom. The second kappa shape index (κ2) is 5.92. The van der Waals surface area contributed by atoms with Crippen LogP contribution in [0.3, 0.4) is 0 Å². The maximum Gasteiger partial charge on any atom is 0.409 e. The summed E-state index contributed by atoms with van der Waals surface area (Å²) in [6, 6.07) is 0.441. The Morgan fingerprint density at radius 1 is 1.67 bits per heavy atom. The molecule has 0 aromatic heterocycles. The van der Waals surface area contributed by atoms with Gasteiger partial charge < -0.3 is 19.6 Å². The number of amides is 1. The van der Waals surface area contributed by atoms with E-state index in [-0.39, 0.29) is 19.3 Å². The van der Waals surface area contributed by atoms with Crippen molar-refractivity contribution < 1.29 is 14.6 Å². The first kappa shape index (κ1) is 12.3. The first-order chi connectivity index (χ1) is 7.15. The average Bonchev–Trinajstić information content (AvgIpc) is 2.61. The summed E-state index contributed by atoms with van der Waals surface area (Å²) in [7, 11) is 3.80. The highest BCUT2D eigenvalue weighted by Crippen LogP contribution is 2.15. The fourth-order valence-corrected chi connectivity index (χ4v) is 1.84. The van der Waals surface area contributed by atoms with E-state index < -0.39 is 0 Å². The van der Waals surface area contributed by atoms with Crippen molar-refractivity contribution in [3.63, 3.8) is 0 Å². The highest BCUT2D eigenvalue weighted by Gasteiger charge is 2.24. The number of nitrogens with zero attached hydrogens (tertiary/aromatic N) is 2. The number of carbonyl (C=O) groups is 1. The minimum absolute atomic E-state index is 0.0731. The molecule has 0 spiro atoms. The number of carbonyl (C=O) groups excluding carboxylic acids is 1. The van der Waals surface area contributed by atoms with Gasteiger partial charge in [-0.05, 0) is 26.4 Å². The molecule has 5 heteroatoms. The molecule has 1 aliphatic rings. The first-order valence-electron chi connectivity index (χ1n) is 5.34. The molecule has 1 saturated heterocycles. The number of rotatable bonds is 4. The number of likely N-dealkylation sites (N-methyl/N-ethyl adjacent to an activating group) is 2. The Balaban J connectivity index is 2.27. The van der Waals surface area contributed by atoms with Crippen molar-refractivity contribution in [1.82, 2.24) is 9.80 Å². The lowest BCUT2D eigenvalue weighted by molar-refractivity contribution is 0.0849. The van der Waals surface area contributed by atoms with E-state index in [1.807, 2.05) is 0 Å². The normalized spacial score (nSPS) is 21.7. The highest BCUT2D eigenvalue weighted by atomic mass is 16.6. The monoisotopic (exact) mass is 216 g/mol.